The van der Waals surface area contributed by atoms with Gasteiger partial charge in [0.05, 0.1) is 18.7 Å². The van der Waals surface area contributed by atoms with Crippen molar-refractivity contribution < 1.29 is 23.8 Å². The van der Waals surface area contributed by atoms with Crippen molar-refractivity contribution in [3.05, 3.63) is 107 Å². The molecule has 1 aromatic heterocycles. The van der Waals surface area contributed by atoms with E-state index in [9.17, 15) is 14.7 Å². The summed E-state index contributed by atoms with van der Waals surface area (Å²) in [6.45, 7) is 3.87. The molecule has 34 heavy (non-hydrogen) atoms. The molecule has 1 atom stereocenters. The number of nitrogens with zero attached hydrogens (tertiary/aromatic N) is 1. The van der Waals surface area contributed by atoms with E-state index >= 15 is 0 Å². The van der Waals surface area contributed by atoms with Gasteiger partial charge in [-0.15, -0.1) is 0 Å². The Morgan fingerprint density at radius 3 is 2.35 bits per heavy atom. The number of para-hydroxylation sites is 2. The number of aryl methyl sites for hydroxylation is 2. The van der Waals surface area contributed by atoms with Crippen LogP contribution in [0, 0.1) is 13.8 Å². The fraction of sp³-hybridized carbons (Fsp3) is 0.143. The number of Topliss-reactive ketones (excluding diaryl/α,β-unsaturated/α-hetero) is 1. The van der Waals surface area contributed by atoms with Gasteiger partial charge in [-0.25, -0.2) is 0 Å². The van der Waals surface area contributed by atoms with Crippen LogP contribution in [0.15, 0.2) is 88.5 Å². The first kappa shape index (κ1) is 21.5. The SMILES string of the molecule is COc1ccccc1C1C(C(=O)c2cc3ccccc3o2)=C(O)C(=O)N1c1cc(C)cc(C)c1. The second-order valence-electron chi connectivity index (χ2n) is 8.41. The van der Waals surface area contributed by atoms with Crippen LogP contribution >= 0.6 is 0 Å². The number of rotatable bonds is 5. The molecule has 1 amide bonds. The fourth-order valence-corrected chi connectivity index (χ4v) is 4.61. The molecule has 6 heteroatoms. The second kappa shape index (κ2) is 8.23. The van der Waals surface area contributed by atoms with Crippen molar-refractivity contribution in [1.29, 1.82) is 0 Å². The average molecular weight is 453 g/mol. The van der Waals surface area contributed by atoms with E-state index in [1.165, 1.54) is 12.0 Å². The summed E-state index contributed by atoms with van der Waals surface area (Å²) in [5.74, 6) is -1.25. The van der Waals surface area contributed by atoms with Gasteiger partial charge in [-0.3, -0.25) is 14.5 Å². The number of carbonyl (C=O) groups is 2. The Morgan fingerprint density at radius 2 is 1.65 bits per heavy atom. The Bertz CT molecular complexity index is 1430. The van der Waals surface area contributed by atoms with Gasteiger partial charge >= 0.3 is 0 Å². The van der Waals surface area contributed by atoms with Crippen molar-refractivity contribution in [3.8, 4) is 5.75 Å². The van der Waals surface area contributed by atoms with Crippen LogP contribution in [-0.2, 0) is 4.79 Å². The Labute approximate surface area is 196 Å². The van der Waals surface area contributed by atoms with Gasteiger partial charge in [0.25, 0.3) is 5.91 Å². The summed E-state index contributed by atoms with van der Waals surface area (Å²) in [5, 5.41) is 11.8. The van der Waals surface area contributed by atoms with E-state index in [1.807, 2.05) is 56.3 Å². The molecule has 0 fully saturated rings. The van der Waals surface area contributed by atoms with Gasteiger partial charge in [0, 0.05) is 16.6 Å². The largest absolute Gasteiger partial charge is 0.503 e. The lowest BCUT2D eigenvalue weighted by molar-refractivity contribution is -0.117. The zero-order valence-electron chi connectivity index (χ0n) is 19.0. The number of anilines is 1. The van der Waals surface area contributed by atoms with Crippen LogP contribution in [0.5, 0.6) is 5.75 Å². The number of ketones is 1. The minimum atomic E-state index is -0.898. The van der Waals surface area contributed by atoms with Crippen molar-refractivity contribution >= 4 is 28.3 Å². The molecule has 0 bridgehead atoms. The summed E-state index contributed by atoms with van der Waals surface area (Å²) < 4.78 is 11.4. The molecule has 2 heterocycles. The third-order valence-corrected chi connectivity index (χ3v) is 6.02. The monoisotopic (exact) mass is 453 g/mol. The molecule has 4 aromatic rings. The molecule has 0 radical (unpaired) electrons. The number of methoxy groups -OCH3 is 1. The molecule has 3 aromatic carbocycles. The van der Waals surface area contributed by atoms with Crippen molar-refractivity contribution in [2.45, 2.75) is 19.9 Å². The topological polar surface area (TPSA) is 80.0 Å². The molecule has 1 aliphatic heterocycles. The number of fused-ring (bicyclic) bond motifs is 1. The molecule has 170 valence electrons. The third-order valence-electron chi connectivity index (χ3n) is 6.02. The standard InChI is InChI=1S/C28H23NO5/c1-16-12-17(2)14-19(13-16)29-25(20-9-5-7-11-22(20)33-3)24(27(31)28(29)32)26(30)23-15-18-8-4-6-10-21(18)34-23/h4-15,25,31H,1-3H3. The van der Waals surface area contributed by atoms with Crippen molar-refractivity contribution in [2.75, 3.05) is 12.0 Å². The molecule has 5 rings (SSSR count). The van der Waals surface area contributed by atoms with Gasteiger partial charge < -0.3 is 14.3 Å². The lowest BCUT2D eigenvalue weighted by Crippen LogP contribution is -2.31. The molecular formula is C28H23NO5. The van der Waals surface area contributed by atoms with E-state index < -0.39 is 23.5 Å². The number of carbonyl (C=O) groups excluding carboxylic acids is 2. The average Bonchev–Trinajstić information content (AvgIpc) is 3.37. The van der Waals surface area contributed by atoms with E-state index in [0.717, 1.165) is 16.5 Å². The highest BCUT2D eigenvalue weighted by atomic mass is 16.5. The summed E-state index contributed by atoms with van der Waals surface area (Å²) >= 11 is 0. The molecule has 1 unspecified atom stereocenters. The van der Waals surface area contributed by atoms with Crippen LogP contribution in [0.2, 0.25) is 0 Å². The highest BCUT2D eigenvalue weighted by Crippen LogP contribution is 2.45. The molecule has 0 saturated carbocycles. The van der Waals surface area contributed by atoms with Gasteiger partial charge in [0.15, 0.2) is 11.5 Å². The molecule has 0 aliphatic carbocycles. The van der Waals surface area contributed by atoms with Crippen LogP contribution in [-0.4, -0.2) is 23.9 Å². The number of hydrogen-bond acceptors (Lipinski definition) is 5. The molecule has 6 nitrogen and oxygen atoms in total. The predicted octanol–water partition coefficient (Wildman–Crippen LogP) is 5.84. The Morgan fingerprint density at radius 1 is 0.971 bits per heavy atom. The number of amides is 1. The van der Waals surface area contributed by atoms with Crippen LogP contribution in [0.3, 0.4) is 0 Å². The van der Waals surface area contributed by atoms with Gasteiger partial charge in [0.1, 0.15) is 11.3 Å². The first-order chi connectivity index (χ1) is 16.4. The first-order valence-corrected chi connectivity index (χ1v) is 10.9. The summed E-state index contributed by atoms with van der Waals surface area (Å²) in [6, 6.07) is 20.9. The predicted molar refractivity (Wildman–Crippen MR) is 129 cm³/mol. The number of aliphatic hydroxyl groups excluding tert-OH is 1. The second-order valence-corrected chi connectivity index (χ2v) is 8.41. The highest BCUT2D eigenvalue weighted by molar-refractivity contribution is 6.20. The lowest BCUT2D eigenvalue weighted by atomic mass is 9.93. The normalized spacial score (nSPS) is 15.9. The maximum atomic E-state index is 13.7. The van der Waals surface area contributed by atoms with Gasteiger partial charge in [-0.2, -0.15) is 0 Å². The van der Waals surface area contributed by atoms with Crippen LogP contribution in [0.4, 0.5) is 5.69 Å². The van der Waals surface area contributed by atoms with E-state index in [4.69, 9.17) is 9.15 Å². The molecule has 1 aliphatic rings. The van der Waals surface area contributed by atoms with Gasteiger partial charge in [-0.1, -0.05) is 42.5 Å². The Hall–Kier alpha value is -4.32. The van der Waals surface area contributed by atoms with E-state index in [2.05, 4.69) is 0 Å². The minimum Gasteiger partial charge on any atom is -0.503 e. The summed E-state index contributed by atoms with van der Waals surface area (Å²) in [4.78, 5) is 28.6. The maximum absolute atomic E-state index is 13.7. The Balaban J connectivity index is 1.71. The number of aliphatic hydroxyl groups is 1. The number of ether oxygens (including phenoxy) is 1. The third kappa shape index (κ3) is 3.44. The number of furan rings is 1. The van der Waals surface area contributed by atoms with E-state index in [-0.39, 0.29) is 11.3 Å². The summed E-state index contributed by atoms with van der Waals surface area (Å²) in [5.41, 5.74) is 3.58. The van der Waals surface area contributed by atoms with Crippen LogP contribution in [0.1, 0.15) is 33.3 Å². The molecule has 1 N–H and O–H groups in total. The molecule has 0 spiro atoms. The minimum absolute atomic E-state index is 0.0484. The lowest BCUT2D eigenvalue weighted by Gasteiger charge is -2.28. The van der Waals surface area contributed by atoms with Gasteiger partial charge in [-0.05, 0) is 55.3 Å². The maximum Gasteiger partial charge on any atom is 0.294 e. The number of hydrogen-bond donors (Lipinski definition) is 1. The van der Waals surface area contributed by atoms with Crippen molar-refractivity contribution in [2.24, 2.45) is 0 Å². The van der Waals surface area contributed by atoms with E-state index in [1.54, 1.807) is 30.3 Å². The zero-order chi connectivity index (χ0) is 24.0. The number of benzene rings is 3. The Kier molecular flexibility index (Phi) is 5.21. The molecule has 0 saturated heterocycles. The summed E-state index contributed by atoms with van der Waals surface area (Å²) in [6.07, 6.45) is 0. The fourth-order valence-electron chi connectivity index (χ4n) is 4.61. The van der Waals surface area contributed by atoms with Crippen LogP contribution in [0.25, 0.3) is 11.0 Å². The van der Waals surface area contributed by atoms with Crippen LogP contribution < -0.4 is 9.64 Å². The zero-order valence-corrected chi connectivity index (χ0v) is 19.0. The van der Waals surface area contributed by atoms with E-state index in [0.29, 0.717) is 22.6 Å². The highest BCUT2D eigenvalue weighted by Gasteiger charge is 2.46. The quantitative estimate of drug-likeness (QED) is 0.384. The van der Waals surface area contributed by atoms with Crippen molar-refractivity contribution in [3.63, 3.8) is 0 Å². The summed E-state index contributed by atoms with van der Waals surface area (Å²) in [7, 11) is 1.53. The smallest absolute Gasteiger partial charge is 0.294 e. The van der Waals surface area contributed by atoms with Gasteiger partial charge in [0.2, 0.25) is 5.78 Å². The first-order valence-electron chi connectivity index (χ1n) is 10.9. The molecular weight excluding hydrogens is 430 g/mol. The van der Waals surface area contributed by atoms with Crippen molar-refractivity contribution in [1.82, 2.24) is 0 Å².